The summed E-state index contributed by atoms with van der Waals surface area (Å²) in [7, 11) is 0. The molecule has 4 nitrogen and oxygen atoms in total. The Morgan fingerprint density at radius 1 is 1.06 bits per heavy atom. The van der Waals surface area contributed by atoms with Gasteiger partial charge < -0.3 is 15.5 Å². The molecule has 0 saturated heterocycles. The van der Waals surface area contributed by atoms with Crippen molar-refractivity contribution in [2.24, 2.45) is 0 Å². The van der Waals surface area contributed by atoms with Crippen LogP contribution in [0.2, 0.25) is 0 Å². The average molecular weight is 259 g/mol. The molecule has 0 aliphatic carbocycles. The summed E-state index contributed by atoms with van der Waals surface area (Å²) in [5, 5.41) is 20.5. The van der Waals surface area contributed by atoms with Crippen molar-refractivity contribution in [1.82, 2.24) is 5.32 Å². The molecule has 0 saturated carbocycles. The van der Waals surface area contributed by atoms with Crippen LogP contribution in [0.15, 0.2) is 0 Å². The molecule has 0 aromatic heterocycles. The third-order valence-corrected chi connectivity index (χ3v) is 3.04. The molecule has 0 rings (SSSR count). The van der Waals surface area contributed by atoms with E-state index in [4.69, 9.17) is 5.11 Å². The summed E-state index contributed by atoms with van der Waals surface area (Å²) in [5.41, 5.74) is 0. The number of aliphatic hydroxyl groups is 2. The topological polar surface area (TPSA) is 69.6 Å². The Balaban J connectivity index is 3.29. The maximum absolute atomic E-state index is 11.3. The number of carbonyl (C=O) groups is 1. The largest absolute Gasteiger partial charge is 0.395 e. The molecule has 0 fully saturated rings. The molecule has 3 N–H and O–H groups in total. The van der Waals surface area contributed by atoms with E-state index in [0.29, 0.717) is 6.42 Å². The smallest absolute Gasteiger partial charge is 0.248 e. The number of hydrogen-bond acceptors (Lipinski definition) is 3. The molecule has 0 aliphatic rings. The van der Waals surface area contributed by atoms with Crippen LogP contribution in [-0.4, -0.2) is 35.4 Å². The first-order valence-electron chi connectivity index (χ1n) is 7.29. The Labute approximate surface area is 111 Å². The van der Waals surface area contributed by atoms with Crippen LogP contribution in [0.1, 0.15) is 64.7 Å². The molecule has 0 aliphatic heterocycles. The Morgan fingerprint density at radius 3 is 2.17 bits per heavy atom. The lowest BCUT2D eigenvalue weighted by Crippen LogP contribution is -2.36. The number of unbranched alkanes of at least 4 members (excludes halogenated alkanes) is 7. The molecule has 1 atom stereocenters. The van der Waals surface area contributed by atoms with Gasteiger partial charge in [-0.05, 0) is 6.42 Å². The summed E-state index contributed by atoms with van der Waals surface area (Å²) >= 11 is 0. The first kappa shape index (κ1) is 17.4. The van der Waals surface area contributed by atoms with Crippen molar-refractivity contribution >= 4 is 5.91 Å². The summed E-state index contributed by atoms with van der Waals surface area (Å²) in [6, 6.07) is 0. The van der Waals surface area contributed by atoms with Crippen molar-refractivity contribution in [2.75, 3.05) is 13.2 Å². The van der Waals surface area contributed by atoms with Crippen LogP contribution in [0, 0.1) is 0 Å². The first-order valence-corrected chi connectivity index (χ1v) is 7.29. The van der Waals surface area contributed by atoms with Crippen LogP contribution in [-0.2, 0) is 4.79 Å². The van der Waals surface area contributed by atoms with Gasteiger partial charge in [0, 0.05) is 6.54 Å². The summed E-state index contributed by atoms with van der Waals surface area (Å²) < 4.78 is 0. The van der Waals surface area contributed by atoms with Crippen LogP contribution in [0.3, 0.4) is 0 Å². The fourth-order valence-electron chi connectivity index (χ4n) is 1.90. The summed E-state index contributed by atoms with van der Waals surface area (Å²) in [6.07, 6.45) is 9.23. The number of aliphatic hydroxyl groups excluding tert-OH is 2. The van der Waals surface area contributed by atoms with Gasteiger partial charge >= 0.3 is 0 Å². The maximum Gasteiger partial charge on any atom is 0.248 e. The Kier molecular flexibility index (Phi) is 12.4. The zero-order chi connectivity index (χ0) is 13.6. The maximum atomic E-state index is 11.3. The fraction of sp³-hybridized carbons (Fsp3) is 0.929. The molecule has 0 heterocycles. The van der Waals surface area contributed by atoms with Crippen LogP contribution in [0.25, 0.3) is 0 Å². The number of rotatable bonds is 12. The molecule has 18 heavy (non-hydrogen) atoms. The minimum absolute atomic E-state index is 0.0871. The fourth-order valence-corrected chi connectivity index (χ4v) is 1.90. The first-order chi connectivity index (χ1) is 8.72. The van der Waals surface area contributed by atoms with Gasteiger partial charge in [0.25, 0.3) is 0 Å². The van der Waals surface area contributed by atoms with Crippen molar-refractivity contribution < 1.29 is 15.0 Å². The van der Waals surface area contributed by atoms with Gasteiger partial charge in [0.05, 0.1) is 6.61 Å². The summed E-state index contributed by atoms with van der Waals surface area (Å²) in [5.74, 6) is -0.369. The highest BCUT2D eigenvalue weighted by atomic mass is 16.3. The minimum atomic E-state index is -0.920. The van der Waals surface area contributed by atoms with Gasteiger partial charge in [0.15, 0.2) is 0 Å². The van der Waals surface area contributed by atoms with E-state index in [1.807, 2.05) is 0 Å². The second-order valence-corrected chi connectivity index (χ2v) is 4.79. The van der Waals surface area contributed by atoms with Crippen molar-refractivity contribution in [3.63, 3.8) is 0 Å². The van der Waals surface area contributed by atoms with Gasteiger partial charge in [0.2, 0.25) is 5.91 Å². The van der Waals surface area contributed by atoms with E-state index in [1.54, 1.807) is 0 Å². The Bertz CT molecular complexity index is 197. The lowest BCUT2D eigenvalue weighted by molar-refractivity contribution is -0.129. The highest BCUT2D eigenvalue weighted by Gasteiger charge is 2.13. The van der Waals surface area contributed by atoms with Crippen molar-refractivity contribution in [3.05, 3.63) is 0 Å². The van der Waals surface area contributed by atoms with Crippen LogP contribution < -0.4 is 5.32 Å². The standard InChI is InChI=1S/C14H29NO3/c1-2-3-4-5-6-7-8-9-10-13(17)14(18)15-11-12-16/h13,16-17H,2-12H2,1H3,(H,15,18). The van der Waals surface area contributed by atoms with Crippen LogP contribution in [0.4, 0.5) is 0 Å². The molecule has 0 aromatic carbocycles. The zero-order valence-corrected chi connectivity index (χ0v) is 11.7. The molecular weight excluding hydrogens is 230 g/mol. The number of nitrogens with one attached hydrogen (secondary N) is 1. The van der Waals surface area contributed by atoms with E-state index in [-0.39, 0.29) is 19.1 Å². The second kappa shape index (κ2) is 12.8. The number of amides is 1. The predicted molar refractivity (Wildman–Crippen MR) is 73.3 cm³/mol. The SMILES string of the molecule is CCCCCCCCCCC(O)C(=O)NCCO. The van der Waals surface area contributed by atoms with Crippen molar-refractivity contribution in [2.45, 2.75) is 70.8 Å². The summed E-state index contributed by atoms with van der Waals surface area (Å²) in [6.45, 7) is 2.34. The quantitative estimate of drug-likeness (QED) is 0.469. The van der Waals surface area contributed by atoms with Gasteiger partial charge in [-0.1, -0.05) is 58.3 Å². The normalized spacial score (nSPS) is 12.4. The number of carbonyl (C=O) groups excluding carboxylic acids is 1. The monoisotopic (exact) mass is 259 g/mol. The zero-order valence-electron chi connectivity index (χ0n) is 11.7. The van der Waals surface area contributed by atoms with E-state index in [9.17, 15) is 9.90 Å². The molecule has 1 unspecified atom stereocenters. The van der Waals surface area contributed by atoms with E-state index >= 15 is 0 Å². The number of hydrogen-bond donors (Lipinski definition) is 3. The highest BCUT2D eigenvalue weighted by molar-refractivity contribution is 5.80. The van der Waals surface area contributed by atoms with E-state index in [0.717, 1.165) is 12.8 Å². The lowest BCUT2D eigenvalue weighted by Gasteiger charge is -2.10. The van der Waals surface area contributed by atoms with E-state index in [2.05, 4.69) is 12.2 Å². The van der Waals surface area contributed by atoms with E-state index in [1.165, 1.54) is 38.5 Å². The third kappa shape index (κ3) is 10.5. The molecule has 4 heteroatoms. The Hall–Kier alpha value is -0.610. The molecule has 1 amide bonds. The highest BCUT2D eigenvalue weighted by Crippen LogP contribution is 2.10. The average Bonchev–Trinajstić information content (AvgIpc) is 2.38. The molecular formula is C14H29NO3. The van der Waals surface area contributed by atoms with Gasteiger partial charge in [-0.2, -0.15) is 0 Å². The third-order valence-electron chi connectivity index (χ3n) is 3.04. The summed E-state index contributed by atoms with van der Waals surface area (Å²) in [4.78, 5) is 11.3. The molecule has 0 bridgehead atoms. The lowest BCUT2D eigenvalue weighted by atomic mass is 10.1. The van der Waals surface area contributed by atoms with Crippen molar-refractivity contribution in [1.29, 1.82) is 0 Å². The van der Waals surface area contributed by atoms with Crippen LogP contribution >= 0.6 is 0 Å². The Morgan fingerprint density at radius 2 is 1.61 bits per heavy atom. The molecule has 108 valence electrons. The molecule has 0 aromatic rings. The molecule has 0 spiro atoms. The van der Waals surface area contributed by atoms with Gasteiger partial charge in [-0.3, -0.25) is 4.79 Å². The van der Waals surface area contributed by atoms with Crippen molar-refractivity contribution in [3.8, 4) is 0 Å². The van der Waals surface area contributed by atoms with Crippen LogP contribution in [0.5, 0.6) is 0 Å². The molecule has 0 radical (unpaired) electrons. The van der Waals surface area contributed by atoms with Gasteiger partial charge in [-0.25, -0.2) is 0 Å². The second-order valence-electron chi connectivity index (χ2n) is 4.79. The predicted octanol–water partition coefficient (Wildman–Crippen LogP) is 1.99. The van der Waals surface area contributed by atoms with Gasteiger partial charge in [-0.15, -0.1) is 0 Å². The van der Waals surface area contributed by atoms with E-state index < -0.39 is 6.10 Å². The minimum Gasteiger partial charge on any atom is -0.395 e. The van der Waals surface area contributed by atoms with Gasteiger partial charge in [0.1, 0.15) is 6.10 Å².